The molecular weight excluding hydrogens is 608 g/mol. The molecule has 0 heterocycles. The molecule has 0 N–H and O–H groups in total. The smallest absolute Gasteiger partial charge is 0.174 e. The summed E-state index contributed by atoms with van der Waals surface area (Å²) in [6, 6.07) is 16.2. The number of hydrogen-bond donors (Lipinski definition) is 0. The lowest BCUT2D eigenvalue weighted by molar-refractivity contribution is 0.0879. The van der Waals surface area contributed by atoms with Crippen molar-refractivity contribution in [3.63, 3.8) is 0 Å². The highest BCUT2D eigenvalue weighted by atomic mass is 16.5. The molecule has 0 aromatic heterocycles. The van der Waals surface area contributed by atoms with Crippen LogP contribution in [0.4, 0.5) is 0 Å². The first-order chi connectivity index (χ1) is 23.3. The molecule has 0 radical (unpaired) electrons. The number of rotatable bonds is 24. The van der Waals surface area contributed by atoms with Crippen LogP contribution in [0.5, 0.6) is 23.0 Å². The first-order valence-electron chi connectivity index (χ1n) is 17.3. The molecule has 0 saturated carbocycles. The van der Waals surface area contributed by atoms with Gasteiger partial charge in [-0.2, -0.15) is 0 Å². The Morgan fingerprint density at radius 3 is 1.21 bits per heavy atom. The van der Waals surface area contributed by atoms with Gasteiger partial charge in [0, 0.05) is 23.3 Å². The van der Waals surface area contributed by atoms with Crippen molar-refractivity contribution >= 4 is 23.1 Å². The highest BCUT2D eigenvalue weighted by Gasteiger charge is 2.22. The van der Waals surface area contributed by atoms with E-state index in [0.717, 1.165) is 51.4 Å². The van der Waals surface area contributed by atoms with E-state index in [1.165, 1.54) is 6.07 Å². The van der Waals surface area contributed by atoms with Gasteiger partial charge in [-0.3, -0.25) is 19.2 Å². The van der Waals surface area contributed by atoms with Crippen LogP contribution in [0.25, 0.3) is 0 Å². The fraction of sp³-hybridized carbons (Fsp3) is 0.450. The van der Waals surface area contributed by atoms with E-state index in [0.29, 0.717) is 60.6 Å². The van der Waals surface area contributed by atoms with Gasteiger partial charge in [-0.25, -0.2) is 0 Å². The standard InChI is InChI=1S/C40H50O8/c1-5-9-20-45-31-16-18-33(39(25-31)47-22-11-7-3)37(43)27-35(41)29-14-13-15-30(24-29)36(42)28-38(44)34-19-17-32(46-21-10-6-2)26-40(34)48-23-12-8-4/h13-19,24-26H,5-12,20-23,27-28H2,1-4H3. The Kier molecular flexibility index (Phi) is 16.4. The van der Waals surface area contributed by atoms with E-state index in [1.54, 1.807) is 54.6 Å². The Balaban J connectivity index is 1.72. The number of carbonyl (C=O) groups excluding carboxylic acids is 4. The molecule has 8 nitrogen and oxygen atoms in total. The summed E-state index contributed by atoms with van der Waals surface area (Å²) < 4.78 is 23.4. The normalized spacial score (nSPS) is 10.8. The van der Waals surface area contributed by atoms with Gasteiger partial charge in [0.2, 0.25) is 0 Å². The van der Waals surface area contributed by atoms with Crippen molar-refractivity contribution < 1.29 is 38.1 Å². The zero-order valence-corrected chi connectivity index (χ0v) is 28.9. The molecule has 0 saturated heterocycles. The van der Waals surface area contributed by atoms with E-state index < -0.39 is 36.0 Å². The monoisotopic (exact) mass is 658 g/mol. The van der Waals surface area contributed by atoms with Gasteiger partial charge < -0.3 is 18.9 Å². The van der Waals surface area contributed by atoms with Gasteiger partial charge in [0.25, 0.3) is 0 Å². The molecule has 3 aromatic rings. The second-order valence-corrected chi connectivity index (χ2v) is 11.8. The van der Waals surface area contributed by atoms with E-state index in [2.05, 4.69) is 27.7 Å². The molecule has 0 unspecified atom stereocenters. The zero-order valence-electron chi connectivity index (χ0n) is 28.9. The largest absolute Gasteiger partial charge is 0.493 e. The van der Waals surface area contributed by atoms with Gasteiger partial charge in [0.05, 0.1) is 50.4 Å². The van der Waals surface area contributed by atoms with Crippen molar-refractivity contribution in [3.8, 4) is 23.0 Å². The van der Waals surface area contributed by atoms with Crippen molar-refractivity contribution in [3.05, 3.63) is 82.9 Å². The molecule has 0 fully saturated rings. The third-order valence-corrected chi connectivity index (χ3v) is 7.70. The van der Waals surface area contributed by atoms with E-state index in [9.17, 15) is 19.2 Å². The lowest BCUT2D eigenvalue weighted by Gasteiger charge is -2.14. The topological polar surface area (TPSA) is 105 Å². The molecule has 3 rings (SSSR count). The molecule has 0 bridgehead atoms. The summed E-state index contributed by atoms with van der Waals surface area (Å²) in [6.45, 7) is 10.3. The van der Waals surface area contributed by atoms with Crippen molar-refractivity contribution in [1.29, 1.82) is 0 Å². The van der Waals surface area contributed by atoms with E-state index >= 15 is 0 Å². The van der Waals surface area contributed by atoms with Crippen LogP contribution in [-0.4, -0.2) is 49.6 Å². The summed E-state index contributed by atoms with van der Waals surface area (Å²) in [5.41, 5.74) is 1.04. The fourth-order valence-electron chi connectivity index (χ4n) is 4.76. The minimum atomic E-state index is -0.436. The van der Waals surface area contributed by atoms with Crippen molar-refractivity contribution in [2.75, 3.05) is 26.4 Å². The molecule has 0 aliphatic rings. The van der Waals surface area contributed by atoms with Crippen LogP contribution >= 0.6 is 0 Å². The number of carbonyl (C=O) groups is 4. The molecule has 0 aliphatic heterocycles. The maximum Gasteiger partial charge on any atom is 0.174 e. The maximum absolute atomic E-state index is 13.3. The molecule has 0 amide bonds. The number of benzene rings is 3. The zero-order chi connectivity index (χ0) is 34.7. The van der Waals surface area contributed by atoms with Crippen LogP contribution in [0.1, 0.15) is 133 Å². The lowest BCUT2D eigenvalue weighted by Crippen LogP contribution is -2.13. The van der Waals surface area contributed by atoms with Crippen LogP contribution < -0.4 is 18.9 Å². The molecule has 0 spiro atoms. The Hall–Kier alpha value is -4.46. The number of hydrogen-bond acceptors (Lipinski definition) is 8. The average Bonchev–Trinajstić information content (AvgIpc) is 3.09. The van der Waals surface area contributed by atoms with Gasteiger partial charge in [-0.15, -0.1) is 0 Å². The van der Waals surface area contributed by atoms with Crippen molar-refractivity contribution in [2.24, 2.45) is 0 Å². The highest BCUT2D eigenvalue weighted by Crippen LogP contribution is 2.29. The van der Waals surface area contributed by atoms with E-state index in [-0.39, 0.29) is 11.1 Å². The Morgan fingerprint density at radius 1 is 0.458 bits per heavy atom. The summed E-state index contributed by atoms with van der Waals surface area (Å²) in [5.74, 6) is 0.326. The van der Waals surface area contributed by atoms with E-state index in [4.69, 9.17) is 18.9 Å². The van der Waals surface area contributed by atoms with Gasteiger partial charge >= 0.3 is 0 Å². The second kappa shape index (κ2) is 20.7. The summed E-state index contributed by atoms with van der Waals surface area (Å²) in [5, 5.41) is 0. The fourth-order valence-corrected chi connectivity index (χ4v) is 4.76. The maximum atomic E-state index is 13.3. The van der Waals surface area contributed by atoms with Crippen LogP contribution in [-0.2, 0) is 0 Å². The number of ether oxygens (including phenoxy) is 4. The molecule has 0 aliphatic carbocycles. The van der Waals surface area contributed by atoms with Crippen LogP contribution in [0.2, 0.25) is 0 Å². The van der Waals surface area contributed by atoms with Gasteiger partial charge in [-0.05, 0) is 56.0 Å². The predicted octanol–water partition coefficient (Wildman–Crippen LogP) is 9.31. The second-order valence-electron chi connectivity index (χ2n) is 11.8. The third-order valence-electron chi connectivity index (χ3n) is 7.70. The molecule has 48 heavy (non-hydrogen) atoms. The minimum Gasteiger partial charge on any atom is -0.493 e. The highest BCUT2D eigenvalue weighted by molar-refractivity contribution is 6.17. The molecule has 8 heteroatoms. The van der Waals surface area contributed by atoms with Gasteiger partial charge in [-0.1, -0.05) is 71.6 Å². The first kappa shape index (κ1) is 38.0. The number of unbranched alkanes of at least 4 members (excludes halogenated alkanes) is 4. The summed E-state index contributed by atoms with van der Waals surface area (Å²) in [4.78, 5) is 53.2. The van der Waals surface area contributed by atoms with Crippen molar-refractivity contribution in [2.45, 2.75) is 91.9 Å². The minimum absolute atomic E-state index is 0.215. The SMILES string of the molecule is CCCCOc1ccc(C(=O)CC(=O)c2cccc(C(=O)CC(=O)c3ccc(OCCCC)cc3OCCCC)c2)c(OCCCC)c1. The predicted molar refractivity (Wildman–Crippen MR) is 187 cm³/mol. The Bertz CT molecular complexity index is 1400. The third kappa shape index (κ3) is 12.0. The van der Waals surface area contributed by atoms with Crippen molar-refractivity contribution in [1.82, 2.24) is 0 Å². The van der Waals surface area contributed by atoms with Crippen LogP contribution in [0, 0.1) is 0 Å². The lowest BCUT2D eigenvalue weighted by atomic mass is 9.96. The summed E-state index contributed by atoms with van der Waals surface area (Å²) in [7, 11) is 0. The van der Waals surface area contributed by atoms with Crippen LogP contribution in [0.3, 0.4) is 0 Å². The Morgan fingerprint density at radius 2 is 0.833 bits per heavy atom. The van der Waals surface area contributed by atoms with E-state index in [1.807, 2.05) is 0 Å². The summed E-state index contributed by atoms with van der Waals surface area (Å²) in [6.07, 6.45) is 6.53. The first-order valence-corrected chi connectivity index (χ1v) is 17.3. The molecule has 0 atom stereocenters. The number of Topliss-reactive ketones (excluding diaryl/α,β-unsaturated/α-hetero) is 4. The molecule has 258 valence electrons. The molecule has 3 aromatic carbocycles. The summed E-state index contributed by atoms with van der Waals surface area (Å²) >= 11 is 0. The van der Waals surface area contributed by atoms with Gasteiger partial charge in [0.1, 0.15) is 23.0 Å². The van der Waals surface area contributed by atoms with Gasteiger partial charge in [0.15, 0.2) is 23.1 Å². The average molecular weight is 659 g/mol. The quantitative estimate of drug-likeness (QED) is 0.0533. The van der Waals surface area contributed by atoms with Crippen LogP contribution in [0.15, 0.2) is 60.7 Å². The molecular formula is C40H50O8. The number of ketones is 4. The Labute approximate surface area is 285 Å².